The molecule has 8 nitrogen and oxygen atoms in total. The lowest BCUT2D eigenvalue weighted by atomic mass is 10.1. The third-order valence-corrected chi connectivity index (χ3v) is 5.62. The summed E-state index contributed by atoms with van der Waals surface area (Å²) in [7, 11) is 1.38. The van der Waals surface area contributed by atoms with Gasteiger partial charge in [0.15, 0.2) is 18.1 Å². The van der Waals surface area contributed by atoms with Crippen LogP contribution in [0.25, 0.3) is 6.08 Å². The molecular formula is C25H18Cl3N3O5. The third-order valence-electron chi connectivity index (χ3n) is 4.60. The molecule has 3 aromatic rings. The molecule has 3 N–H and O–H groups in total. The van der Waals surface area contributed by atoms with Gasteiger partial charge in [0.25, 0.3) is 11.8 Å². The van der Waals surface area contributed by atoms with E-state index >= 15 is 0 Å². The van der Waals surface area contributed by atoms with Crippen LogP contribution in [0.4, 0.5) is 11.4 Å². The van der Waals surface area contributed by atoms with Crippen molar-refractivity contribution in [2.75, 3.05) is 24.4 Å². The minimum absolute atomic E-state index is 0.0416. The van der Waals surface area contributed by atoms with Crippen molar-refractivity contribution in [2.24, 2.45) is 0 Å². The Bertz CT molecular complexity index is 1370. The van der Waals surface area contributed by atoms with E-state index < -0.39 is 11.8 Å². The van der Waals surface area contributed by atoms with Crippen molar-refractivity contribution in [3.8, 4) is 23.3 Å². The summed E-state index contributed by atoms with van der Waals surface area (Å²) in [6.07, 6.45) is 1.32. The van der Waals surface area contributed by atoms with Crippen molar-refractivity contribution in [1.82, 2.24) is 0 Å². The molecule has 0 radical (unpaired) electrons. The van der Waals surface area contributed by atoms with E-state index in [1.807, 2.05) is 6.07 Å². The Morgan fingerprint density at radius 1 is 0.972 bits per heavy atom. The van der Waals surface area contributed by atoms with Crippen LogP contribution in [0.2, 0.25) is 15.1 Å². The summed E-state index contributed by atoms with van der Waals surface area (Å²) < 4.78 is 10.9. The Morgan fingerprint density at radius 2 is 1.67 bits per heavy atom. The minimum atomic E-state index is -0.655. The van der Waals surface area contributed by atoms with Crippen molar-refractivity contribution in [3.63, 3.8) is 0 Å². The number of nitrogens with one attached hydrogen (secondary N) is 2. The van der Waals surface area contributed by atoms with E-state index in [9.17, 15) is 20.0 Å². The van der Waals surface area contributed by atoms with Crippen LogP contribution in [-0.4, -0.2) is 30.6 Å². The SMILES string of the molecule is COc1cc(/C=C(\C#N)C(=O)Nc2ccc(O)cc2)cc(Cl)c1OCC(=O)Nc1ccc(Cl)c(Cl)c1. The van der Waals surface area contributed by atoms with E-state index in [0.29, 0.717) is 22.0 Å². The molecule has 0 aliphatic heterocycles. The van der Waals surface area contributed by atoms with Crippen LogP contribution in [-0.2, 0) is 9.59 Å². The topological polar surface area (TPSA) is 121 Å². The maximum Gasteiger partial charge on any atom is 0.266 e. The quantitative estimate of drug-likeness (QED) is 0.183. The number of halogens is 3. The van der Waals surface area contributed by atoms with Crippen molar-refractivity contribution < 1.29 is 24.2 Å². The number of anilines is 2. The van der Waals surface area contributed by atoms with Crippen LogP contribution in [0, 0.1) is 11.3 Å². The highest BCUT2D eigenvalue weighted by atomic mass is 35.5. The monoisotopic (exact) mass is 545 g/mol. The standard InChI is InChI=1S/C25H18Cl3N3O5/c1-35-22-10-14(8-15(12-29)25(34)31-16-2-5-18(32)6-3-16)9-21(28)24(22)36-13-23(33)30-17-4-7-19(26)20(27)11-17/h2-11,32H,13H2,1H3,(H,30,33)(H,31,34)/b15-8+. The maximum absolute atomic E-state index is 12.5. The fourth-order valence-electron chi connectivity index (χ4n) is 2.93. The summed E-state index contributed by atoms with van der Waals surface area (Å²) in [4.78, 5) is 24.8. The number of phenols is 1. The molecule has 0 saturated carbocycles. The van der Waals surface area contributed by atoms with E-state index in [4.69, 9.17) is 44.3 Å². The van der Waals surface area contributed by atoms with Crippen molar-refractivity contribution in [1.29, 1.82) is 5.26 Å². The Balaban J connectivity index is 1.73. The first-order valence-corrected chi connectivity index (χ1v) is 11.3. The van der Waals surface area contributed by atoms with Gasteiger partial charge < -0.3 is 25.2 Å². The van der Waals surface area contributed by atoms with Crippen molar-refractivity contribution in [2.45, 2.75) is 0 Å². The normalized spacial score (nSPS) is 10.8. The Labute approximate surface area is 221 Å². The predicted octanol–water partition coefficient (Wildman–Crippen LogP) is 5.92. The largest absolute Gasteiger partial charge is 0.508 e. The minimum Gasteiger partial charge on any atom is -0.508 e. The molecule has 0 aliphatic carbocycles. The molecule has 0 saturated heterocycles. The zero-order chi connectivity index (χ0) is 26.2. The highest BCUT2D eigenvalue weighted by Crippen LogP contribution is 2.37. The number of carbonyl (C=O) groups is 2. The Hall–Kier alpha value is -3.90. The van der Waals surface area contributed by atoms with Crippen LogP contribution in [0.15, 0.2) is 60.2 Å². The van der Waals surface area contributed by atoms with E-state index in [2.05, 4.69) is 10.6 Å². The van der Waals surface area contributed by atoms with Crippen LogP contribution in [0.3, 0.4) is 0 Å². The highest BCUT2D eigenvalue weighted by Gasteiger charge is 2.16. The Morgan fingerprint density at radius 3 is 2.31 bits per heavy atom. The average Bonchev–Trinajstić information content (AvgIpc) is 2.85. The number of ether oxygens (including phenoxy) is 2. The first kappa shape index (κ1) is 26.7. The van der Waals surface area contributed by atoms with Crippen LogP contribution in [0.1, 0.15) is 5.56 Å². The molecule has 0 bridgehead atoms. The first-order chi connectivity index (χ1) is 17.2. The number of nitrogens with zero attached hydrogens (tertiary/aromatic N) is 1. The second kappa shape index (κ2) is 12.2. The lowest BCUT2D eigenvalue weighted by molar-refractivity contribution is -0.118. The van der Waals surface area contributed by atoms with Gasteiger partial charge in [0, 0.05) is 11.4 Å². The lowest BCUT2D eigenvalue weighted by Crippen LogP contribution is -2.20. The van der Waals surface area contributed by atoms with Gasteiger partial charge in [0.05, 0.1) is 22.2 Å². The van der Waals surface area contributed by atoms with Crippen LogP contribution >= 0.6 is 34.8 Å². The summed E-state index contributed by atoms with van der Waals surface area (Å²) in [5.41, 5.74) is 1.03. The summed E-state index contributed by atoms with van der Waals surface area (Å²) in [5.74, 6) is -0.800. The Kier molecular flexibility index (Phi) is 9.03. The molecule has 0 unspecified atom stereocenters. The van der Waals surface area contributed by atoms with Crippen LogP contribution < -0.4 is 20.1 Å². The summed E-state index contributed by atoms with van der Waals surface area (Å²) in [6, 6.07) is 15.2. The van der Waals surface area contributed by atoms with Gasteiger partial charge >= 0.3 is 0 Å². The zero-order valence-electron chi connectivity index (χ0n) is 18.6. The number of amides is 2. The number of aromatic hydroxyl groups is 1. The van der Waals surface area contributed by atoms with Gasteiger partial charge in [-0.3, -0.25) is 9.59 Å². The molecular weight excluding hydrogens is 529 g/mol. The average molecular weight is 547 g/mol. The number of nitriles is 1. The number of benzene rings is 3. The van der Waals surface area contributed by atoms with Gasteiger partial charge in [-0.15, -0.1) is 0 Å². The fraction of sp³-hybridized carbons (Fsp3) is 0.0800. The molecule has 0 spiro atoms. The molecule has 11 heteroatoms. The van der Waals surface area contributed by atoms with Crippen molar-refractivity contribution >= 4 is 64.1 Å². The van der Waals surface area contributed by atoms with Gasteiger partial charge in [-0.1, -0.05) is 34.8 Å². The number of carbonyl (C=O) groups excluding carboxylic acids is 2. The van der Waals surface area contributed by atoms with Gasteiger partial charge in [-0.25, -0.2) is 0 Å². The predicted molar refractivity (Wildman–Crippen MR) is 139 cm³/mol. The van der Waals surface area contributed by atoms with E-state index in [1.165, 1.54) is 55.7 Å². The second-order valence-corrected chi connectivity index (χ2v) is 8.39. The number of hydrogen-bond acceptors (Lipinski definition) is 6. The van der Waals surface area contributed by atoms with E-state index in [0.717, 1.165) is 0 Å². The van der Waals surface area contributed by atoms with Gasteiger partial charge in [0.1, 0.15) is 17.4 Å². The third kappa shape index (κ3) is 7.06. The molecule has 184 valence electrons. The molecule has 2 amide bonds. The maximum atomic E-state index is 12.5. The van der Waals surface area contributed by atoms with Gasteiger partial charge in [-0.05, 0) is 66.2 Å². The van der Waals surface area contributed by atoms with E-state index in [1.54, 1.807) is 12.1 Å². The fourth-order valence-corrected chi connectivity index (χ4v) is 3.50. The number of phenolic OH excluding ortho intramolecular Hbond substituents is 1. The lowest BCUT2D eigenvalue weighted by Gasteiger charge is -2.14. The molecule has 3 rings (SSSR count). The molecule has 0 fully saturated rings. The molecule has 0 heterocycles. The van der Waals surface area contributed by atoms with Gasteiger partial charge in [0.2, 0.25) is 0 Å². The summed E-state index contributed by atoms with van der Waals surface area (Å²) >= 11 is 18.2. The first-order valence-electron chi connectivity index (χ1n) is 10.2. The molecule has 0 aliphatic rings. The van der Waals surface area contributed by atoms with Crippen molar-refractivity contribution in [3.05, 3.63) is 80.8 Å². The molecule has 36 heavy (non-hydrogen) atoms. The number of methoxy groups -OCH3 is 1. The smallest absolute Gasteiger partial charge is 0.266 e. The number of rotatable bonds is 8. The molecule has 3 aromatic carbocycles. The van der Waals surface area contributed by atoms with Gasteiger partial charge in [-0.2, -0.15) is 5.26 Å². The molecule has 0 atom stereocenters. The highest BCUT2D eigenvalue weighted by molar-refractivity contribution is 6.42. The zero-order valence-corrected chi connectivity index (χ0v) is 20.9. The second-order valence-electron chi connectivity index (χ2n) is 7.17. The summed E-state index contributed by atoms with van der Waals surface area (Å²) in [6.45, 7) is -0.385. The van der Waals surface area contributed by atoms with Crippen LogP contribution in [0.5, 0.6) is 17.2 Å². The molecule has 0 aromatic heterocycles. The summed E-state index contributed by atoms with van der Waals surface area (Å²) in [5, 5.41) is 24.7. The number of hydrogen-bond donors (Lipinski definition) is 3. The van der Waals surface area contributed by atoms with E-state index in [-0.39, 0.29) is 39.5 Å².